The van der Waals surface area contributed by atoms with Gasteiger partial charge in [0.1, 0.15) is 0 Å². The van der Waals surface area contributed by atoms with Gasteiger partial charge in [-0.25, -0.2) is 0 Å². The van der Waals surface area contributed by atoms with E-state index in [9.17, 15) is 4.79 Å². The first-order valence-corrected chi connectivity index (χ1v) is 8.13. The van der Waals surface area contributed by atoms with Gasteiger partial charge in [-0.1, -0.05) is 31.5 Å². The lowest BCUT2D eigenvalue weighted by molar-refractivity contribution is -0.119. The number of benzene rings is 1. The van der Waals surface area contributed by atoms with E-state index < -0.39 is 0 Å². The lowest BCUT2D eigenvalue weighted by atomic mass is 10.0. The summed E-state index contributed by atoms with van der Waals surface area (Å²) in [4.78, 5) is 13.0. The third kappa shape index (κ3) is 6.44. The highest BCUT2D eigenvalue weighted by atomic mass is 32.2. The zero-order valence-electron chi connectivity index (χ0n) is 12.6. The second-order valence-electron chi connectivity index (χ2n) is 5.30. The highest BCUT2D eigenvalue weighted by Gasteiger charge is 2.13. The van der Waals surface area contributed by atoms with Crippen LogP contribution in [0.2, 0.25) is 0 Å². The Balaban J connectivity index is 2.36. The van der Waals surface area contributed by atoms with Crippen LogP contribution in [0.3, 0.4) is 0 Å². The van der Waals surface area contributed by atoms with Gasteiger partial charge in [0, 0.05) is 17.5 Å². The van der Waals surface area contributed by atoms with Gasteiger partial charge in [-0.2, -0.15) is 0 Å². The number of aliphatic hydroxyl groups excluding tert-OH is 1. The quantitative estimate of drug-likeness (QED) is 0.725. The van der Waals surface area contributed by atoms with Crippen molar-refractivity contribution in [3.63, 3.8) is 0 Å². The maximum absolute atomic E-state index is 11.9. The molecule has 3 nitrogen and oxygen atoms in total. The molecule has 1 aromatic carbocycles. The van der Waals surface area contributed by atoms with E-state index in [0.717, 1.165) is 17.7 Å². The smallest absolute Gasteiger partial charge is 0.230 e. The molecule has 2 atom stereocenters. The van der Waals surface area contributed by atoms with Gasteiger partial charge in [-0.05, 0) is 37.8 Å². The summed E-state index contributed by atoms with van der Waals surface area (Å²) >= 11 is 1.55. The molecule has 0 saturated carbocycles. The van der Waals surface area contributed by atoms with Crippen molar-refractivity contribution in [2.45, 2.75) is 44.6 Å². The van der Waals surface area contributed by atoms with Crippen LogP contribution in [-0.4, -0.2) is 29.4 Å². The third-order valence-corrected chi connectivity index (χ3v) is 4.26. The summed E-state index contributed by atoms with van der Waals surface area (Å²) in [5, 5.41) is 12.1. The molecule has 1 amide bonds. The zero-order chi connectivity index (χ0) is 15.0. The Morgan fingerprint density at radius 2 is 2.00 bits per heavy atom. The minimum atomic E-state index is 0.0626. The van der Waals surface area contributed by atoms with E-state index in [1.165, 1.54) is 5.56 Å². The molecule has 1 aromatic rings. The number of amides is 1. The Morgan fingerprint density at radius 1 is 1.35 bits per heavy atom. The SMILES string of the molecule is CC[C@H](C[C@@H](C)CO)NC(=O)CSc1ccc(C)cc1. The normalized spacial score (nSPS) is 13.8. The lowest BCUT2D eigenvalue weighted by Gasteiger charge is -2.19. The molecular weight excluding hydrogens is 270 g/mol. The van der Waals surface area contributed by atoms with Crippen LogP contribution in [0, 0.1) is 12.8 Å². The number of carbonyl (C=O) groups excluding carboxylic acids is 1. The molecule has 0 saturated heterocycles. The molecule has 0 aliphatic rings. The molecule has 2 N–H and O–H groups in total. The molecule has 0 heterocycles. The van der Waals surface area contributed by atoms with E-state index in [0.29, 0.717) is 5.75 Å². The number of carbonyl (C=O) groups is 1. The van der Waals surface area contributed by atoms with Crippen LogP contribution in [0.5, 0.6) is 0 Å². The van der Waals surface area contributed by atoms with Gasteiger partial charge in [0.25, 0.3) is 0 Å². The van der Waals surface area contributed by atoms with Crippen molar-refractivity contribution in [3.8, 4) is 0 Å². The predicted octanol–water partition coefficient (Wildman–Crippen LogP) is 3.00. The van der Waals surface area contributed by atoms with Gasteiger partial charge in [-0.3, -0.25) is 4.79 Å². The second-order valence-corrected chi connectivity index (χ2v) is 6.35. The van der Waals surface area contributed by atoms with Crippen molar-refractivity contribution in [1.82, 2.24) is 5.32 Å². The van der Waals surface area contributed by atoms with Crippen molar-refractivity contribution in [2.24, 2.45) is 5.92 Å². The van der Waals surface area contributed by atoms with E-state index in [4.69, 9.17) is 5.11 Å². The molecular formula is C16H25NO2S. The minimum Gasteiger partial charge on any atom is -0.396 e. The molecule has 0 aliphatic carbocycles. The molecule has 0 bridgehead atoms. The second kappa shape index (κ2) is 9.03. The molecule has 0 aliphatic heterocycles. The Kier molecular flexibility index (Phi) is 7.70. The maximum atomic E-state index is 11.9. The first-order chi connectivity index (χ1) is 9.55. The van der Waals surface area contributed by atoms with Crippen LogP contribution in [0.1, 0.15) is 32.3 Å². The highest BCUT2D eigenvalue weighted by molar-refractivity contribution is 8.00. The standard InChI is InChI=1S/C16H25NO2S/c1-4-14(9-13(3)10-18)17-16(19)11-20-15-7-5-12(2)6-8-15/h5-8,13-14,18H,4,9-11H2,1-3H3,(H,17,19)/t13-,14-/m1/s1. The molecule has 4 heteroatoms. The van der Waals surface area contributed by atoms with Crippen molar-refractivity contribution in [3.05, 3.63) is 29.8 Å². The number of rotatable bonds is 8. The number of aliphatic hydroxyl groups is 1. The minimum absolute atomic E-state index is 0.0626. The summed E-state index contributed by atoms with van der Waals surface area (Å²) in [5.41, 5.74) is 1.22. The van der Waals surface area contributed by atoms with Crippen molar-refractivity contribution >= 4 is 17.7 Å². The first-order valence-electron chi connectivity index (χ1n) is 7.14. The Morgan fingerprint density at radius 3 is 2.55 bits per heavy atom. The summed E-state index contributed by atoms with van der Waals surface area (Å²) in [6.45, 7) is 6.28. The largest absolute Gasteiger partial charge is 0.396 e. The number of aryl methyl sites for hydroxylation is 1. The van der Waals surface area contributed by atoms with E-state index in [-0.39, 0.29) is 24.5 Å². The van der Waals surface area contributed by atoms with Crippen LogP contribution in [0.15, 0.2) is 29.2 Å². The van der Waals surface area contributed by atoms with Crippen molar-refractivity contribution in [2.75, 3.05) is 12.4 Å². The fraction of sp³-hybridized carbons (Fsp3) is 0.562. The molecule has 0 fully saturated rings. The number of hydrogen-bond donors (Lipinski definition) is 2. The molecule has 1 rings (SSSR count). The van der Waals surface area contributed by atoms with Crippen LogP contribution >= 0.6 is 11.8 Å². The Labute approximate surface area is 126 Å². The van der Waals surface area contributed by atoms with Crippen LogP contribution in [0.25, 0.3) is 0 Å². The fourth-order valence-electron chi connectivity index (χ4n) is 1.94. The summed E-state index contributed by atoms with van der Waals surface area (Å²) in [6, 6.07) is 8.34. The van der Waals surface area contributed by atoms with Crippen LogP contribution in [-0.2, 0) is 4.79 Å². The van der Waals surface area contributed by atoms with Crippen LogP contribution in [0.4, 0.5) is 0 Å². The fourth-order valence-corrected chi connectivity index (χ4v) is 2.65. The summed E-state index contributed by atoms with van der Waals surface area (Å²) in [7, 11) is 0. The average Bonchev–Trinajstić information content (AvgIpc) is 2.45. The molecule has 20 heavy (non-hydrogen) atoms. The molecule has 0 spiro atoms. The van der Waals surface area contributed by atoms with Crippen LogP contribution < -0.4 is 5.32 Å². The van der Waals surface area contributed by atoms with Gasteiger partial charge in [0.15, 0.2) is 0 Å². The van der Waals surface area contributed by atoms with Crippen molar-refractivity contribution < 1.29 is 9.90 Å². The summed E-state index contributed by atoms with van der Waals surface area (Å²) < 4.78 is 0. The third-order valence-electron chi connectivity index (χ3n) is 3.25. The maximum Gasteiger partial charge on any atom is 0.230 e. The highest BCUT2D eigenvalue weighted by Crippen LogP contribution is 2.18. The monoisotopic (exact) mass is 295 g/mol. The Hall–Kier alpha value is -1.00. The van der Waals surface area contributed by atoms with Gasteiger partial charge in [0.05, 0.1) is 5.75 Å². The molecule has 112 valence electrons. The number of hydrogen-bond acceptors (Lipinski definition) is 3. The summed E-state index contributed by atoms with van der Waals surface area (Å²) in [5.74, 6) is 0.727. The topological polar surface area (TPSA) is 49.3 Å². The molecule has 0 unspecified atom stereocenters. The van der Waals surface area contributed by atoms with Gasteiger partial charge < -0.3 is 10.4 Å². The Bertz CT molecular complexity index is 405. The van der Waals surface area contributed by atoms with Gasteiger partial charge in [0.2, 0.25) is 5.91 Å². The van der Waals surface area contributed by atoms with Gasteiger partial charge >= 0.3 is 0 Å². The number of nitrogens with one attached hydrogen (secondary N) is 1. The lowest BCUT2D eigenvalue weighted by Crippen LogP contribution is -2.37. The van der Waals surface area contributed by atoms with Crippen molar-refractivity contribution in [1.29, 1.82) is 0 Å². The van der Waals surface area contributed by atoms with Gasteiger partial charge in [-0.15, -0.1) is 11.8 Å². The number of thioether (sulfide) groups is 1. The molecule has 0 radical (unpaired) electrons. The van der Waals surface area contributed by atoms with E-state index in [1.54, 1.807) is 11.8 Å². The van der Waals surface area contributed by atoms with E-state index in [2.05, 4.69) is 31.3 Å². The predicted molar refractivity (Wildman–Crippen MR) is 85.0 cm³/mol. The molecule has 0 aromatic heterocycles. The average molecular weight is 295 g/mol. The van der Waals surface area contributed by atoms with E-state index >= 15 is 0 Å². The van der Waals surface area contributed by atoms with E-state index in [1.807, 2.05) is 19.1 Å². The first kappa shape index (κ1) is 17.1. The zero-order valence-corrected chi connectivity index (χ0v) is 13.4. The summed E-state index contributed by atoms with van der Waals surface area (Å²) in [6.07, 6.45) is 1.72.